The Morgan fingerprint density at radius 2 is 2.07 bits per heavy atom. The number of nitrogens with two attached hydrogens (primary N) is 2. The highest BCUT2D eigenvalue weighted by Gasteiger charge is 2.34. The molecule has 2 aromatic rings. The van der Waals surface area contributed by atoms with Crippen LogP contribution in [0.4, 0.5) is 11.6 Å². The van der Waals surface area contributed by atoms with Gasteiger partial charge in [0.2, 0.25) is 0 Å². The van der Waals surface area contributed by atoms with Gasteiger partial charge in [-0.1, -0.05) is 30.8 Å². The number of aromatic nitrogens is 2. The number of anilines is 2. The van der Waals surface area contributed by atoms with Gasteiger partial charge in [0.05, 0.1) is 10.6 Å². The fraction of sp³-hybridized carbons (Fsp3) is 0.478. The average Bonchev–Trinajstić information content (AvgIpc) is 2.70. The highest BCUT2D eigenvalue weighted by Crippen LogP contribution is 2.39. The van der Waals surface area contributed by atoms with E-state index in [1.807, 2.05) is 26.1 Å². The van der Waals surface area contributed by atoms with Crippen LogP contribution in [0.5, 0.6) is 0 Å². The van der Waals surface area contributed by atoms with E-state index in [2.05, 4.69) is 48.0 Å². The van der Waals surface area contributed by atoms with Crippen molar-refractivity contribution in [2.75, 3.05) is 23.7 Å². The summed E-state index contributed by atoms with van der Waals surface area (Å²) in [5, 5.41) is 0. The molecule has 2 aromatic heterocycles. The van der Waals surface area contributed by atoms with E-state index in [0.717, 1.165) is 53.7 Å². The summed E-state index contributed by atoms with van der Waals surface area (Å²) in [5.74, 6) is 1.57. The predicted octanol–water partition coefficient (Wildman–Crippen LogP) is 4.59. The Bertz CT molecular complexity index is 870. The van der Waals surface area contributed by atoms with Crippen LogP contribution in [0.3, 0.4) is 0 Å². The van der Waals surface area contributed by atoms with Crippen LogP contribution in [0.15, 0.2) is 46.3 Å². The molecule has 6 heteroatoms. The molecule has 156 valence electrons. The van der Waals surface area contributed by atoms with Crippen LogP contribution in [0.25, 0.3) is 0 Å². The zero-order valence-electron chi connectivity index (χ0n) is 18.0. The monoisotopic (exact) mass is 411 g/mol. The van der Waals surface area contributed by atoms with Crippen molar-refractivity contribution in [1.82, 2.24) is 9.97 Å². The van der Waals surface area contributed by atoms with Gasteiger partial charge in [0.15, 0.2) is 0 Å². The first-order valence-electron chi connectivity index (χ1n) is 10.3. The lowest BCUT2D eigenvalue weighted by Crippen LogP contribution is -2.47. The van der Waals surface area contributed by atoms with Crippen LogP contribution in [0.2, 0.25) is 0 Å². The van der Waals surface area contributed by atoms with E-state index in [-0.39, 0.29) is 11.5 Å². The second-order valence-corrected chi connectivity index (χ2v) is 9.30. The number of rotatable bonds is 6. The SMILES string of the molecule is C/C=C/Cc1cc(N2CCC(C)([C@H](C)N)CC2)nc(N)c1Sc1cccnc1C. The second kappa shape index (κ2) is 9.18. The Morgan fingerprint density at radius 1 is 1.34 bits per heavy atom. The van der Waals surface area contributed by atoms with Crippen LogP contribution in [0.1, 0.15) is 44.9 Å². The fourth-order valence-electron chi connectivity index (χ4n) is 3.66. The molecule has 1 atom stereocenters. The molecule has 0 amide bonds. The van der Waals surface area contributed by atoms with Gasteiger partial charge in [-0.3, -0.25) is 4.98 Å². The fourth-order valence-corrected chi connectivity index (χ4v) is 4.65. The van der Waals surface area contributed by atoms with Crippen LogP contribution in [-0.4, -0.2) is 29.1 Å². The molecule has 0 aromatic carbocycles. The maximum atomic E-state index is 6.48. The number of nitrogen functional groups attached to an aromatic ring is 1. The van der Waals surface area contributed by atoms with Gasteiger partial charge in [-0.05, 0) is 69.2 Å². The van der Waals surface area contributed by atoms with Crippen molar-refractivity contribution in [2.45, 2.75) is 62.8 Å². The van der Waals surface area contributed by atoms with E-state index in [4.69, 9.17) is 16.5 Å². The van der Waals surface area contributed by atoms with E-state index in [0.29, 0.717) is 5.82 Å². The van der Waals surface area contributed by atoms with E-state index in [1.165, 1.54) is 5.56 Å². The molecule has 5 nitrogen and oxygen atoms in total. The summed E-state index contributed by atoms with van der Waals surface area (Å²) >= 11 is 1.66. The first kappa shape index (κ1) is 21.7. The first-order valence-corrected chi connectivity index (χ1v) is 11.2. The van der Waals surface area contributed by atoms with E-state index >= 15 is 0 Å². The molecule has 0 aliphatic carbocycles. The maximum Gasteiger partial charge on any atom is 0.140 e. The van der Waals surface area contributed by atoms with Crippen LogP contribution >= 0.6 is 11.8 Å². The third-order valence-corrected chi connectivity index (χ3v) is 7.46. The van der Waals surface area contributed by atoms with Crippen molar-refractivity contribution >= 4 is 23.4 Å². The normalized spacial score (nSPS) is 17.6. The third kappa shape index (κ3) is 4.93. The van der Waals surface area contributed by atoms with Crippen molar-refractivity contribution in [1.29, 1.82) is 0 Å². The molecule has 0 saturated carbocycles. The topological polar surface area (TPSA) is 81.1 Å². The number of aryl methyl sites for hydroxylation is 1. The number of allylic oxidation sites excluding steroid dienone is 2. The Labute approximate surface area is 179 Å². The summed E-state index contributed by atoms with van der Waals surface area (Å²) in [6.07, 6.45) is 9.04. The van der Waals surface area contributed by atoms with Crippen molar-refractivity contribution < 1.29 is 0 Å². The molecular formula is C23H33N5S. The molecule has 1 aliphatic heterocycles. The Morgan fingerprint density at radius 3 is 2.69 bits per heavy atom. The summed E-state index contributed by atoms with van der Waals surface area (Å²) in [6.45, 7) is 10.4. The van der Waals surface area contributed by atoms with Crippen LogP contribution in [-0.2, 0) is 6.42 Å². The number of hydrogen-bond donors (Lipinski definition) is 2. The average molecular weight is 412 g/mol. The van der Waals surface area contributed by atoms with Crippen molar-refractivity contribution in [3.63, 3.8) is 0 Å². The first-order chi connectivity index (χ1) is 13.8. The van der Waals surface area contributed by atoms with Gasteiger partial charge >= 0.3 is 0 Å². The molecule has 1 fully saturated rings. The standard InChI is InChI=1S/C23H33N5S/c1-5-6-8-18-15-20(28-13-10-23(4,11-14-28)17(3)24)27-22(25)21(18)29-19-9-7-12-26-16(19)2/h5-7,9,12,15,17H,8,10-11,13-14,24H2,1-4H3,(H2,25,27)/b6-5+/t17-/m0/s1. The molecule has 29 heavy (non-hydrogen) atoms. The Kier molecular flexibility index (Phi) is 6.85. The van der Waals surface area contributed by atoms with Gasteiger partial charge in [-0.25, -0.2) is 4.98 Å². The number of pyridine rings is 2. The summed E-state index contributed by atoms with van der Waals surface area (Å²) in [5.41, 5.74) is 15.1. The van der Waals surface area contributed by atoms with E-state index < -0.39 is 0 Å². The Hall–Kier alpha value is -2.05. The summed E-state index contributed by atoms with van der Waals surface area (Å²) in [6, 6.07) is 6.45. The molecule has 1 saturated heterocycles. The summed E-state index contributed by atoms with van der Waals surface area (Å²) in [4.78, 5) is 13.7. The molecule has 0 bridgehead atoms. The molecule has 0 radical (unpaired) electrons. The minimum Gasteiger partial charge on any atom is -0.383 e. The lowest BCUT2D eigenvalue weighted by atomic mass is 9.75. The highest BCUT2D eigenvalue weighted by molar-refractivity contribution is 7.99. The Balaban J connectivity index is 1.89. The van der Waals surface area contributed by atoms with Crippen molar-refractivity contribution in [3.8, 4) is 0 Å². The lowest BCUT2D eigenvalue weighted by Gasteiger charge is -2.42. The van der Waals surface area contributed by atoms with Crippen molar-refractivity contribution in [3.05, 3.63) is 47.8 Å². The lowest BCUT2D eigenvalue weighted by molar-refractivity contribution is 0.205. The third-order valence-electron chi connectivity index (χ3n) is 6.14. The van der Waals surface area contributed by atoms with E-state index in [9.17, 15) is 0 Å². The molecular weight excluding hydrogens is 378 g/mol. The van der Waals surface area contributed by atoms with Gasteiger partial charge in [0.1, 0.15) is 11.6 Å². The zero-order valence-corrected chi connectivity index (χ0v) is 18.8. The number of nitrogens with zero attached hydrogens (tertiary/aromatic N) is 3. The van der Waals surface area contributed by atoms with Crippen molar-refractivity contribution in [2.24, 2.45) is 11.1 Å². The van der Waals surface area contributed by atoms with Crippen LogP contribution in [0, 0.1) is 12.3 Å². The molecule has 3 rings (SSSR count). The number of piperidine rings is 1. The summed E-state index contributed by atoms with van der Waals surface area (Å²) < 4.78 is 0. The zero-order chi connectivity index (χ0) is 21.0. The molecule has 1 aliphatic rings. The highest BCUT2D eigenvalue weighted by atomic mass is 32.2. The quantitative estimate of drug-likeness (QED) is 0.677. The van der Waals surface area contributed by atoms with Gasteiger partial charge in [0, 0.05) is 30.2 Å². The molecule has 0 unspecified atom stereocenters. The molecule has 4 N–H and O–H groups in total. The van der Waals surface area contributed by atoms with Crippen LogP contribution < -0.4 is 16.4 Å². The maximum absolute atomic E-state index is 6.48. The minimum atomic E-state index is 0.198. The summed E-state index contributed by atoms with van der Waals surface area (Å²) in [7, 11) is 0. The van der Waals surface area contributed by atoms with Gasteiger partial charge in [0.25, 0.3) is 0 Å². The largest absolute Gasteiger partial charge is 0.383 e. The second-order valence-electron chi connectivity index (χ2n) is 8.25. The molecule has 3 heterocycles. The number of hydrogen-bond acceptors (Lipinski definition) is 6. The van der Waals surface area contributed by atoms with Gasteiger partial charge in [-0.2, -0.15) is 0 Å². The molecule has 0 spiro atoms. The minimum absolute atomic E-state index is 0.198. The predicted molar refractivity (Wildman–Crippen MR) is 123 cm³/mol. The van der Waals surface area contributed by atoms with E-state index in [1.54, 1.807) is 11.8 Å². The smallest absolute Gasteiger partial charge is 0.140 e. The van der Waals surface area contributed by atoms with Gasteiger partial charge in [-0.15, -0.1) is 0 Å². The van der Waals surface area contributed by atoms with Gasteiger partial charge < -0.3 is 16.4 Å².